The molecule has 2 aromatic carbocycles. The maximum Gasteiger partial charge on any atom is 0.322 e. The fraction of sp³-hybridized carbons (Fsp3) is 0.190. The van der Waals surface area contributed by atoms with Gasteiger partial charge in [0.2, 0.25) is 4.96 Å². The lowest BCUT2D eigenvalue weighted by Crippen LogP contribution is -2.38. The third kappa shape index (κ3) is 3.38. The Hall–Kier alpha value is -3.10. The molecule has 0 unspecified atom stereocenters. The Balaban J connectivity index is 1.36. The van der Waals surface area contributed by atoms with Crippen LogP contribution >= 0.6 is 22.9 Å². The highest BCUT2D eigenvalue weighted by Gasteiger charge is 2.26. The Kier molecular flexibility index (Phi) is 4.80. The van der Waals surface area contributed by atoms with Gasteiger partial charge in [0.15, 0.2) is 5.82 Å². The lowest BCUT2D eigenvalue weighted by atomic mass is 10.2. The fourth-order valence-electron chi connectivity index (χ4n) is 3.54. The third-order valence-electron chi connectivity index (χ3n) is 5.04. The van der Waals surface area contributed by atoms with E-state index in [1.165, 1.54) is 0 Å². The van der Waals surface area contributed by atoms with E-state index in [0.29, 0.717) is 36.0 Å². The molecule has 3 heterocycles. The molecule has 4 aromatic rings. The Morgan fingerprint density at radius 3 is 2.87 bits per heavy atom. The molecule has 2 amide bonds. The molecule has 0 bridgehead atoms. The largest absolute Gasteiger partial charge is 0.495 e. The molecule has 5 rings (SSSR count). The van der Waals surface area contributed by atoms with E-state index in [1.54, 1.807) is 41.5 Å². The summed E-state index contributed by atoms with van der Waals surface area (Å²) in [6.07, 6.45) is 0.715. The Labute approximate surface area is 181 Å². The van der Waals surface area contributed by atoms with Gasteiger partial charge in [-0.2, -0.15) is 4.98 Å². The number of carbonyl (C=O) groups excluding carboxylic acids is 1. The maximum atomic E-state index is 12.8. The number of benzene rings is 2. The highest BCUT2D eigenvalue weighted by molar-refractivity contribution is 7.17. The molecule has 1 N–H and O–H groups in total. The SMILES string of the molecule is COc1ccc(Cl)cc1NC(=O)N1CCc2c(sc3nc(-c4ccccc4)nn23)C1. The number of ether oxygens (including phenoxy) is 1. The normalized spacial score (nSPS) is 13.3. The van der Waals surface area contributed by atoms with E-state index in [1.807, 2.05) is 34.8 Å². The van der Waals surface area contributed by atoms with E-state index in [4.69, 9.17) is 21.4 Å². The van der Waals surface area contributed by atoms with Crippen LogP contribution in [-0.2, 0) is 13.0 Å². The van der Waals surface area contributed by atoms with Gasteiger partial charge in [-0.05, 0) is 18.2 Å². The van der Waals surface area contributed by atoms with Crippen molar-refractivity contribution in [1.82, 2.24) is 19.5 Å². The molecule has 1 aliphatic rings. The van der Waals surface area contributed by atoms with Gasteiger partial charge in [0.1, 0.15) is 5.75 Å². The molecule has 152 valence electrons. The van der Waals surface area contributed by atoms with E-state index in [0.717, 1.165) is 26.9 Å². The molecule has 0 fully saturated rings. The first kappa shape index (κ1) is 18.9. The van der Waals surface area contributed by atoms with Gasteiger partial charge in [0, 0.05) is 28.4 Å². The van der Waals surface area contributed by atoms with E-state index in [2.05, 4.69) is 10.3 Å². The van der Waals surface area contributed by atoms with Gasteiger partial charge in [-0.25, -0.2) is 9.31 Å². The van der Waals surface area contributed by atoms with Crippen LogP contribution in [0.15, 0.2) is 48.5 Å². The van der Waals surface area contributed by atoms with Crippen molar-refractivity contribution in [3.63, 3.8) is 0 Å². The average molecular weight is 440 g/mol. The number of hydrogen-bond acceptors (Lipinski definition) is 5. The molecule has 9 heteroatoms. The number of nitrogens with zero attached hydrogens (tertiary/aromatic N) is 4. The summed E-state index contributed by atoms with van der Waals surface area (Å²) in [5, 5.41) is 8.13. The summed E-state index contributed by atoms with van der Waals surface area (Å²) in [7, 11) is 1.56. The van der Waals surface area contributed by atoms with Crippen LogP contribution in [0.3, 0.4) is 0 Å². The second-order valence-electron chi connectivity index (χ2n) is 6.91. The van der Waals surface area contributed by atoms with Crippen LogP contribution < -0.4 is 10.1 Å². The second-order valence-corrected chi connectivity index (χ2v) is 8.41. The van der Waals surface area contributed by atoms with Gasteiger partial charge in [0.05, 0.1) is 25.0 Å². The zero-order chi connectivity index (χ0) is 20.7. The topological polar surface area (TPSA) is 71.8 Å². The summed E-state index contributed by atoms with van der Waals surface area (Å²) in [5.74, 6) is 1.29. The van der Waals surface area contributed by atoms with Gasteiger partial charge in [-0.15, -0.1) is 5.10 Å². The maximum absolute atomic E-state index is 12.8. The number of rotatable bonds is 3. The quantitative estimate of drug-likeness (QED) is 0.501. The lowest BCUT2D eigenvalue weighted by molar-refractivity contribution is 0.206. The molecular formula is C21H18ClN5O2S. The van der Waals surface area contributed by atoms with Crippen molar-refractivity contribution in [2.45, 2.75) is 13.0 Å². The zero-order valence-electron chi connectivity index (χ0n) is 16.1. The number of anilines is 1. The van der Waals surface area contributed by atoms with Crippen molar-refractivity contribution >= 4 is 39.6 Å². The van der Waals surface area contributed by atoms with E-state index < -0.39 is 0 Å². The summed E-state index contributed by atoms with van der Waals surface area (Å²) < 4.78 is 7.23. The van der Waals surface area contributed by atoms with Crippen LogP contribution in [0.5, 0.6) is 5.75 Å². The third-order valence-corrected chi connectivity index (χ3v) is 6.34. The number of hydrogen-bond donors (Lipinski definition) is 1. The van der Waals surface area contributed by atoms with E-state index in [9.17, 15) is 4.79 Å². The van der Waals surface area contributed by atoms with Gasteiger partial charge < -0.3 is 15.0 Å². The first-order valence-electron chi connectivity index (χ1n) is 9.44. The van der Waals surface area contributed by atoms with Crippen LogP contribution in [0.25, 0.3) is 16.3 Å². The summed E-state index contributed by atoms with van der Waals surface area (Å²) in [5.41, 5.74) is 2.67. The predicted molar refractivity (Wildman–Crippen MR) is 117 cm³/mol. The standard InChI is InChI=1S/C21H18ClN5O2S/c1-29-17-8-7-14(22)11-15(17)23-20(28)26-10-9-16-18(12-26)30-21-24-19(25-27(16)21)13-5-3-2-4-6-13/h2-8,11H,9-10,12H2,1H3,(H,23,28). The second kappa shape index (κ2) is 7.62. The fourth-order valence-corrected chi connectivity index (χ4v) is 4.83. The predicted octanol–water partition coefficient (Wildman–Crippen LogP) is 4.71. The summed E-state index contributed by atoms with van der Waals surface area (Å²) >= 11 is 7.64. The van der Waals surface area contributed by atoms with Crippen LogP contribution in [0, 0.1) is 0 Å². The monoisotopic (exact) mass is 439 g/mol. The number of aromatic nitrogens is 3. The number of thiazole rings is 1. The van der Waals surface area contributed by atoms with Crippen molar-refractivity contribution in [3.05, 3.63) is 64.1 Å². The first-order chi connectivity index (χ1) is 14.6. The molecule has 0 atom stereocenters. The number of urea groups is 1. The minimum Gasteiger partial charge on any atom is -0.495 e. The molecule has 0 saturated carbocycles. The van der Waals surface area contributed by atoms with Gasteiger partial charge in [0.25, 0.3) is 0 Å². The number of carbonyl (C=O) groups is 1. The number of nitrogens with one attached hydrogen (secondary N) is 1. The van der Waals surface area contributed by atoms with Gasteiger partial charge >= 0.3 is 6.03 Å². The lowest BCUT2D eigenvalue weighted by Gasteiger charge is -2.27. The average Bonchev–Trinajstić information content (AvgIpc) is 3.32. The molecular weight excluding hydrogens is 422 g/mol. The van der Waals surface area contributed by atoms with Gasteiger partial charge in [-0.1, -0.05) is 53.3 Å². The highest BCUT2D eigenvalue weighted by atomic mass is 35.5. The van der Waals surface area contributed by atoms with E-state index >= 15 is 0 Å². The Morgan fingerprint density at radius 2 is 2.07 bits per heavy atom. The van der Waals surface area contributed by atoms with Crippen molar-refractivity contribution in [2.75, 3.05) is 19.0 Å². The molecule has 2 aromatic heterocycles. The smallest absolute Gasteiger partial charge is 0.322 e. The number of halogens is 1. The molecule has 0 spiro atoms. The summed E-state index contributed by atoms with van der Waals surface area (Å²) in [6, 6.07) is 14.9. The number of amides is 2. The number of fused-ring (bicyclic) bond motifs is 3. The molecule has 30 heavy (non-hydrogen) atoms. The van der Waals surface area contributed by atoms with Crippen LogP contribution in [0.4, 0.5) is 10.5 Å². The van der Waals surface area contributed by atoms with Crippen molar-refractivity contribution in [3.8, 4) is 17.1 Å². The Morgan fingerprint density at radius 1 is 1.23 bits per heavy atom. The molecule has 7 nitrogen and oxygen atoms in total. The number of methoxy groups -OCH3 is 1. The van der Waals surface area contributed by atoms with Gasteiger partial charge in [-0.3, -0.25) is 0 Å². The molecule has 0 saturated heterocycles. The van der Waals surface area contributed by atoms with Crippen LogP contribution in [0.2, 0.25) is 5.02 Å². The van der Waals surface area contributed by atoms with Crippen molar-refractivity contribution < 1.29 is 9.53 Å². The Bertz CT molecular complexity index is 1240. The van der Waals surface area contributed by atoms with Crippen molar-refractivity contribution in [2.24, 2.45) is 0 Å². The van der Waals surface area contributed by atoms with Crippen LogP contribution in [-0.4, -0.2) is 39.2 Å². The first-order valence-corrected chi connectivity index (χ1v) is 10.6. The molecule has 1 aliphatic heterocycles. The molecule has 0 aliphatic carbocycles. The minimum atomic E-state index is -0.190. The molecule has 0 radical (unpaired) electrons. The summed E-state index contributed by atoms with van der Waals surface area (Å²) in [4.78, 5) is 21.2. The highest BCUT2D eigenvalue weighted by Crippen LogP contribution is 2.31. The minimum absolute atomic E-state index is 0.190. The van der Waals surface area contributed by atoms with E-state index in [-0.39, 0.29) is 6.03 Å². The van der Waals surface area contributed by atoms with Crippen LogP contribution in [0.1, 0.15) is 10.6 Å². The van der Waals surface area contributed by atoms with Crippen molar-refractivity contribution in [1.29, 1.82) is 0 Å². The zero-order valence-corrected chi connectivity index (χ0v) is 17.7. The summed E-state index contributed by atoms with van der Waals surface area (Å²) in [6.45, 7) is 1.11.